The van der Waals surface area contributed by atoms with Gasteiger partial charge in [0.1, 0.15) is 0 Å². The number of rotatable bonds is 8. The first kappa shape index (κ1) is 16.4. The summed E-state index contributed by atoms with van der Waals surface area (Å²) in [5.74, 6) is 2.02. The van der Waals surface area contributed by atoms with Gasteiger partial charge in [0.25, 0.3) is 0 Å². The Morgan fingerprint density at radius 3 is 2.18 bits per heavy atom. The lowest BCUT2D eigenvalue weighted by atomic mass is 9.99. The number of hydrogen-bond donors (Lipinski definition) is 0. The molecule has 22 heavy (non-hydrogen) atoms. The molecule has 0 aliphatic heterocycles. The van der Waals surface area contributed by atoms with Crippen LogP contribution in [0.1, 0.15) is 5.56 Å². The van der Waals surface area contributed by atoms with Crippen molar-refractivity contribution in [2.24, 2.45) is 5.92 Å². The molecule has 0 aliphatic carbocycles. The SMILES string of the molecule is COc1ccccc1OCC(Cc1ccccc1)CN(C)C. The van der Waals surface area contributed by atoms with Crippen LogP contribution in [0.5, 0.6) is 11.5 Å². The minimum Gasteiger partial charge on any atom is -0.493 e. The maximum atomic E-state index is 6.01. The molecule has 0 radical (unpaired) electrons. The fraction of sp³-hybridized carbons (Fsp3) is 0.368. The Balaban J connectivity index is 2.00. The normalized spacial score (nSPS) is 12.2. The lowest BCUT2D eigenvalue weighted by molar-refractivity contribution is 0.203. The fourth-order valence-corrected chi connectivity index (χ4v) is 2.59. The van der Waals surface area contributed by atoms with E-state index in [1.165, 1.54) is 5.56 Å². The summed E-state index contributed by atoms with van der Waals surface area (Å²) < 4.78 is 11.4. The highest BCUT2D eigenvalue weighted by molar-refractivity contribution is 5.39. The molecule has 2 rings (SSSR count). The van der Waals surface area contributed by atoms with E-state index in [9.17, 15) is 0 Å². The Morgan fingerprint density at radius 2 is 1.55 bits per heavy atom. The first-order chi connectivity index (χ1) is 10.7. The van der Waals surface area contributed by atoms with Gasteiger partial charge in [-0.2, -0.15) is 0 Å². The van der Waals surface area contributed by atoms with Crippen LogP contribution in [0.15, 0.2) is 54.6 Å². The van der Waals surface area contributed by atoms with Gasteiger partial charge < -0.3 is 14.4 Å². The van der Waals surface area contributed by atoms with Crippen molar-refractivity contribution in [1.29, 1.82) is 0 Å². The lowest BCUT2D eigenvalue weighted by Crippen LogP contribution is -2.28. The average Bonchev–Trinajstić information content (AvgIpc) is 2.53. The summed E-state index contributed by atoms with van der Waals surface area (Å²) >= 11 is 0. The van der Waals surface area contributed by atoms with Gasteiger partial charge in [-0.3, -0.25) is 0 Å². The first-order valence-electron chi connectivity index (χ1n) is 7.63. The van der Waals surface area contributed by atoms with E-state index in [-0.39, 0.29) is 0 Å². The van der Waals surface area contributed by atoms with Crippen LogP contribution in [0, 0.1) is 5.92 Å². The van der Waals surface area contributed by atoms with Gasteiger partial charge in [0, 0.05) is 12.5 Å². The zero-order chi connectivity index (χ0) is 15.8. The average molecular weight is 299 g/mol. The van der Waals surface area contributed by atoms with Crippen molar-refractivity contribution in [2.45, 2.75) is 6.42 Å². The van der Waals surface area contributed by atoms with Crippen molar-refractivity contribution in [3.05, 3.63) is 60.2 Å². The third-order valence-corrected chi connectivity index (χ3v) is 3.53. The summed E-state index contributed by atoms with van der Waals surface area (Å²) in [5, 5.41) is 0. The number of para-hydroxylation sites is 2. The molecule has 2 aromatic carbocycles. The maximum Gasteiger partial charge on any atom is 0.161 e. The Hall–Kier alpha value is -2.00. The predicted octanol–water partition coefficient (Wildman–Crippen LogP) is 3.49. The highest BCUT2D eigenvalue weighted by Gasteiger charge is 2.13. The molecule has 0 saturated heterocycles. The van der Waals surface area contributed by atoms with E-state index in [2.05, 4.69) is 49.3 Å². The van der Waals surface area contributed by atoms with Crippen LogP contribution in [0.25, 0.3) is 0 Å². The zero-order valence-electron chi connectivity index (χ0n) is 13.7. The first-order valence-corrected chi connectivity index (χ1v) is 7.63. The predicted molar refractivity (Wildman–Crippen MR) is 90.7 cm³/mol. The van der Waals surface area contributed by atoms with Gasteiger partial charge in [-0.15, -0.1) is 0 Å². The van der Waals surface area contributed by atoms with E-state index in [1.807, 2.05) is 24.3 Å². The number of nitrogens with zero attached hydrogens (tertiary/aromatic N) is 1. The Labute approximate surface area is 133 Å². The number of hydrogen-bond acceptors (Lipinski definition) is 3. The van der Waals surface area contributed by atoms with E-state index in [1.54, 1.807) is 7.11 Å². The van der Waals surface area contributed by atoms with Gasteiger partial charge in [0.2, 0.25) is 0 Å². The molecule has 0 aromatic heterocycles. The molecule has 3 heteroatoms. The van der Waals surface area contributed by atoms with Gasteiger partial charge in [0.15, 0.2) is 11.5 Å². The topological polar surface area (TPSA) is 21.7 Å². The molecule has 2 aromatic rings. The van der Waals surface area contributed by atoms with Crippen LogP contribution in [-0.2, 0) is 6.42 Å². The largest absolute Gasteiger partial charge is 0.493 e. The van der Waals surface area contributed by atoms with E-state index in [0.29, 0.717) is 12.5 Å². The van der Waals surface area contributed by atoms with Gasteiger partial charge in [-0.1, -0.05) is 42.5 Å². The van der Waals surface area contributed by atoms with Crippen molar-refractivity contribution in [1.82, 2.24) is 4.90 Å². The third-order valence-electron chi connectivity index (χ3n) is 3.53. The zero-order valence-corrected chi connectivity index (χ0v) is 13.7. The molecule has 3 nitrogen and oxygen atoms in total. The van der Waals surface area contributed by atoms with Crippen LogP contribution in [0.4, 0.5) is 0 Å². The molecule has 118 valence electrons. The summed E-state index contributed by atoms with van der Waals surface area (Å²) in [5.41, 5.74) is 1.35. The quantitative estimate of drug-likeness (QED) is 0.745. The molecule has 1 atom stereocenters. The minimum absolute atomic E-state index is 0.433. The van der Waals surface area contributed by atoms with Crippen molar-refractivity contribution in [3.63, 3.8) is 0 Å². The second-order valence-corrected chi connectivity index (χ2v) is 5.78. The van der Waals surface area contributed by atoms with Gasteiger partial charge in [-0.05, 0) is 38.2 Å². The van der Waals surface area contributed by atoms with Crippen molar-refractivity contribution < 1.29 is 9.47 Å². The second-order valence-electron chi connectivity index (χ2n) is 5.78. The van der Waals surface area contributed by atoms with E-state index >= 15 is 0 Å². The van der Waals surface area contributed by atoms with Crippen LogP contribution in [0.3, 0.4) is 0 Å². The molecule has 1 unspecified atom stereocenters. The summed E-state index contributed by atoms with van der Waals surface area (Å²) in [4.78, 5) is 2.21. The molecule has 0 bridgehead atoms. The molecule has 0 spiro atoms. The van der Waals surface area contributed by atoms with Crippen molar-refractivity contribution >= 4 is 0 Å². The molecule has 0 saturated carbocycles. The molecular weight excluding hydrogens is 274 g/mol. The highest BCUT2D eigenvalue weighted by Crippen LogP contribution is 2.26. The van der Waals surface area contributed by atoms with Gasteiger partial charge >= 0.3 is 0 Å². The fourth-order valence-electron chi connectivity index (χ4n) is 2.59. The van der Waals surface area contributed by atoms with Gasteiger partial charge in [0.05, 0.1) is 13.7 Å². The molecular formula is C19H25NO2. The lowest BCUT2D eigenvalue weighted by Gasteiger charge is -2.22. The van der Waals surface area contributed by atoms with E-state index in [0.717, 1.165) is 24.5 Å². The molecule has 0 fully saturated rings. The summed E-state index contributed by atoms with van der Waals surface area (Å²) in [6.07, 6.45) is 1.01. The Morgan fingerprint density at radius 1 is 0.909 bits per heavy atom. The van der Waals surface area contributed by atoms with Crippen LogP contribution >= 0.6 is 0 Å². The van der Waals surface area contributed by atoms with E-state index < -0.39 is 0 Å². The second kappa shape index (κ2) is 8.44. The number of methoxy groups -OCH3 is 1. The molecule has 0 N–H and O–H groups in total. The van der Waals surface area contributed by atoms with Crippen LogP contribution < -0.4 is 9.47 Å². The maximum absolute atomic E-state index is 6.01. The highest BCUT2D eigenvalue weighted by atomic mass is 16.5. The van der Waals surface area contributed by atoms with Gasteiger partial charge in [-0.25, -0.2) is 0 Å². The Kier molecular flexibility index (Phi) is 6.28. The summed E-state index contributed by atoms with van der Waals surface area (Å²) in [6, 6.07) is 18.4. The number of benzene rings is 2. The standard InChI is InChI=1S/C19H25NO2/c1-20(2)14-17(13-16-9-5-4-6-10-16)15-22-19-12-8-7-11-18(19)21-3/h4-12,17H,13-15H2,1-3H3. The monoisotopic (exact) mass is 299 g/mol. The van der Waals surface area contributed by atoms with Crippen molar-refractivity contribution in [3.8, 4) is 11.5 Å². The third kappa shape index (κ3) is 5.08. The molecule has 0 heterocycles. The summed E-state index contributed by atoms with van der Waals surface area (Å²) in [6.45, 7) is 1.66. The minimum atomic E-state index is 0.433. The van der Waals surface area contributed by atoms with Crippen molar-refractivity contribution in [2.75, 3.05) is 34.4 Å². The molecule has 0 amide bonds. The number of ether oxygens (including phenoxy) is 2. The molecule has 0 aliphatic rings. The summed E-state index contributed by atoms with van der Waals surface area (Å²) in [7, 11) is 5.87. The van der Waals surface area contributed by atoms with Crippen LogP contribution in [-0.4, -0.2) is 39.3 Å². The smallest absolute Gasteiger partial charge is 0.161 e. The Bertz CT molecular complexity index is 554. The van der Waals surface area contributed by atoms with E-state index in [4.69, 9.17) is 9.47 Å². The van der Waals surface area contributed by atoms with Crippen LogP contribution in [0.2, 0.25) is 0 Å².